The number of fused-ring (bicyclic) bond motifs is 1. The summed E-state index contributed by atoms with van der Waals surface area (Å²) in [5.74, 6) is 0.938. The van der Waals surface area contributed by atoms with Crippen molar-refractivity contribution in [3.05, 3.63) is 35.5 Å². The number of nitrogens with one attached hydrogen (secondary N) is 1. The van der Waals surface area contributed by atoms with E-state index < -0.39 is 0 Å². The summed E-state index contributed by atoms with van der Waals surface area (Å²) in [6, 6.07) is 6.33. The van der Waals surface area contributed by atoms with Crippen molar-refractivity contribution in [3.63, 3.8) is 0 Å². The summed E-state index contributed by atoms with van der Waals surface area (Å²) in [4.78, 5) is 36.8. The van der Waals surface area contributed by atoms with Gasteiger partial charge in [-0.3, -0.25) is 9.79 Å². The number of hydrogen-bond acceptors (Lipinski definition) is 5. The molecule has 2 heterocycles. The second-order valence-electron chi connectivity index (χ2n) is 6.79. The predicted molar refractivity (Wildman–Crippen MR) is 95.5 cm³/mol. The second-order valence-corrected chi connectivity index (χ2v) is 7.80. The number of ketones is 1. The van der Waals surface area contributed by atoms with Crippen LogP contribution in [-0.4, -0.2) is 33.8 Å². The Kier molecular flexibility index (Phi) is 5.42. The Morgan fingerprint density at radius 3 is 2.58 bits per heavy atom. The lowest BCUT2D eigenvalue weighted by molar-refractivity contribution is -0.191. The lowest BCUT2D eigenvalue weighted by Gasteiger charge is -2.23. The number of hydrogen-bond donors (Lipinski definition) is 1. The molecular formula is C18H20N2O3S. The highest BCUT2D eigenvalue weighted by Crippen LogP contribution is 2.33. The van der Waals surface area contributed by atoms with Gasteiger partial charge in [0.25, 0.3) is 0 Å². The van der Waals surface area contributed by atoms with Gasteiger partial charge in [-0.05, 0) is 24.0 Å². The zero-order valence-electron chi connectivity index (χ0n) is 14.2. The van der Waals surface area contributed by atoms with Gasteiger partial charge in [-0.2, -0.15) is 9.59 Å². The molecule has 0 fully saturated rings. The van der Waals surface area contributed by atoms with Crippen molar-refractivity contribution in [3.8, 4) is 0 Å². The van der Waals surface area contributed by atoms with Crippen LogP contribution in [0.25, 0.3) is 10.9 Å². The van der Waals surface area contributed by atoms with E-state index in [1.54, 1.807) is 18.0 Å². The standard InChI is InChI=1S/C17H20N2OS.CO2/c1-10-5-6-11-12(8-18-13(11)7-10)15(20)16-19-14(9-21-16)17(2,3)4;2-1-3/h5-8,14,18H,9H2,1-4H3;. The fraction of sp³-hybridized carbons (Fsp3) is 0.389. The monoisotopic (exact) mass is 344 g/mol. The number of aromatic nitrogens is 1. The van der Waals surface area contributed by atoms with Gasteiger partial charge in [0.15, 0.2) is 0 Å². The van der Waals surface area contributed by atoms with Crippen LogP contribution in [-0.2, 0) is 9.59 Å². The number of carbonyl (C=O) groups is 1. The average molecular weight is 344 g/mol. The molecule has 0 amide bonds. The molecule has 0 radical (unpaired) electrons. The first-order chi connectivity index (χ1) is 11.3. The van der Waals surface area contributed by atoms with Gasteiger partial charge in [-0.1, -0.05) is 32.9 Å². The fourth-order valence-corrected chi connectivity index (χ4v) is 3.82. The smallest absolute Gasteiger partial charge is 0.360 e. The number of H-pyrrole nitrogens is 1. The molecule has 1 aliphatic heterocycles. The van der Waals surface area contributed by atoms with E-state index >= 15 is 0 Å². The molecule has 1 atom stereocenters. The molecule has 2 aromatic rings. The zero-order chi connectivity index (χ0) is 17.9. The minimum absolute atomic E-state index is 0.0434. The first-order valence-corrected chi connectivity index (χ1v) is 8.58. The van der Waals surface area contributed by atoms with Crippen molar-refractivity contribution in [1.82, 2.24) is 4.98 Å². The van der Waals surface area contributed by atoms with Crippen molar-refractivity contribution in [1.29, 1.82) is 0 Å². The van der Waals surface area contributed by atoms with Crippen LogP contribution in [0.4, 0.5) is 0 Å². The largest absolute Gasteiger partial charge is 0.373 e. The number of aromatic amines is 1. The summed E-state index contributed by atoms with van der Waals surface area (Å²) >= 11 is 1.58. The van der Waals surface area contributed by atoms with Crippen LogP contribution >= 0.6 is 11.8 Å². The maximum Gasteiger partial charge on any atom is 0.373 e. The van der Waals surface area contributed by atoms with Crippen LogP contribution in [0.15, 0.2) is 29.4 Å². The number of carbonyl (C=O) groups excluding carboxylic acids is 3. The summed E-state index contributed by atoms with van der Waals surface area (Å²) in [6.07, 6.45) is 2.06. The van der Waals surface area contributed by atoms with Gasteiger partial charge in [-0.15, -0.1) is 11.8 Å². The van der Waals surface area contributed by atoms with E-state index in [0.29, 0.717) is 5.04 Å². The predicted octanol–water partition coefficient (Wildman–Crippen LogP) is 3.64. The molecule has 1 N–H and O–H groups in total. The summed E-state index contributed by atoms with van der Waals surface area (Å²) in [5.41, 5.74) is 3.02. The van der Waals surface area contributed by atoms with Gasteiger partial charge in [0.1, 0.15) is 5.04 Å². The Morgan fingerprint density at radius 1 is 1.33 bits per heavy atom. The first-order valence-electron chi connectivity index (χ1n) is 7.60. The summed E-state index contributed by atoms with van der Waals surface area (Å²) in [6.45, 7) is 8.56. The Bertz CT molecular complexity index is 824. The lowest BCUT2D eigenvalue weighted by atomic mass is 9.88. The molecule has 3 rings (SSSR count). The first kappa shape index (κ1) is 18.2. The molecule has 1 aromatic carbocycles. The highest BCUT2D eigenvalue weighted by atomic mass is 32.2. The molecule has 6 heteroatoms. The molecule has 5 nitrogen and oxygen atoms in total. The highest BCUT2D eigenvalue weighted by molar-refractivity contribution is 8.16. The second kappa shape index (κ2) is 7.16. The lowest BCUT2D eigenvalue weighted by Crippen LogP contribution is -2.24. The number of aliphatic imine (C=N–C) groups is 1. The average Bonchev–Trinajstić information content (AvgIpc) is 3.13. The highest BCUT2D eigenvalue weighted by Gasteiger charge is 2.32. The van der Waals surface area contributed by atoms with Crippen LogP contribution in [0.1, 0.15) is 36.7 Å². The number of Topliss-reactive ketones (excluding diaryl/α,β-unsaturated/α-hetero) is 1. The molecule has 1 aromatic heterocycles. The van der Waals surface area contributed by atoms with Crippen LogP contribution in [0.2, 0.25) is 0 Å². The summed E-state index contributed by atoms with van der Waals surface area (Å²) < 4.78 is 0. The molecule has 1 unspecified atom stereocenters. The molecular weight excluding hydrogens is 324 g/mol. The van der Waals surface area contributed by atoms with Crippen LogP contribution in [0.3, 0.4) is 0 Å². The number of thioether (sulfide) groups is 1. The van der Waals surface area contributed by atoms with E-state index in [0.717, 1.165) is 22.2 Å². The summed E-state index contributed by atoms with van der Waals surface area (Å²) in [7, 11) is 0. The molecule has 24 heavy (non-hydrogen) atoms. The zero-order valence-corrected chi connectivity index (χ0v) is 15.0. The fourth-order valence-electron chi connectivity index (χ4n) is 2.48. The van der Waals surface area contributed by atoms with Crippen molar-refractivity contribution in [2.75, 3.05) is 5.75 Å². The van der Waals surface area contributed by atoms with Gasteiger partial charge in [-0.25, -0.2) is 0 Å². The Balaban J connectivity index is 0.000000647. The van der Waals surface area contributed by atoms with E-state index in [1.807, 2.05) is 19.1 Å². The topological polar surface area (TPSA) is 79.4 Å². The maximum absolute atomic E-state index is 12.7. The molecule has 126 valence electrons. The minimum atomic E-state index is 0.0434. The normalized spacial score (nSPS) is 17.0. The van der Waals surface area contributed by atoms with E-state index in [9.17, 15) is 4.79 Å². The van der Waals surface area contributed by atoms with E-state index in [4.69, 9.17) is 9.59 Å². The van der Waals surface area contributed by atoms with Crippen molar-refractivity contribution >= 4 is 39.6 Å². The van der Waals surface area contributed by atoms with Gasteiger partial charge < -0.3 is 4.98 Å². The van der Waals surface area contributed by atoms with E-state index in [1.165, 1.54) is 5.56 Å². The minimum Gasteiger partial charge on any atom is -0.360 e. The van der Waals surface area contributed by atoms with Crippen LogP contribution in [0, 0.1) is 12.3 Å². The molecule has 1 aliphatic rings. The third kappa shape index (κ3) is 3.83. The van der Waals surface area contributed by atoms with Gasteiger partial charge in [0.05, 0.1) is 11.6 Å². The Morgan fingerprint density at radius 2 is 2.00 bits per heavy atom. The summed E-state index contributed by atoms with van der Waals surface area (Å²) in [5, 5.41) is 1.63. The van der Waals surface area contributed by atoms with Crippen molar-refractivity contribution in [2.45, 2.75) is 33.7 Å². The van der Waals surface area contributed by atoms with Gasteiger partial charge in [0.2, 0.25) is 5.78 Å². The molecule has 0 bridgehead atoms. The van der Waals surface area contributed by atoms with Crippen LogP contribution < -0.4 is 0 Å². The number of nitrogens with zero attached hydrogens (tertiary/aromatic N) is 1. The van der Waals surface area contributed by atoms with E-state index in [-0.39, 0.29) is 23.4 Å². The molecule has 0 aliphatic carbocycles. The maximum atomic E-state index is 12.7. The quantitative estimate of drug-likeness (QED) is 0.844. The number of aryl methyl sites for hydroxylation is 1. The van der Waals surface area contributed by atoms with Gasteiger partial charge in [0, 0.05) is 22.9 Å². The molecule has 0 spiro atoms. The van der Waals surface area contributed by atoms with Crippen LogP contribution in [0.5, 0.6) is 0 Å². The third-order valence-corrected chi connectivity index (χ3v) is 4.97. The number of rotatable bonds is 2. The molecule has 0 saturated heterocycles. The third-order valence-electron chi connectivity index (χ3n) is 3.93. The van der Waals surface area contributed by atoms with E-state index in [2.05, 4.69) is 36.8 Å². The van der Waals surface area contributed by atoms with Crippen molar-refractivity contribution < 1.29 is 14.4 Å². The SMILES string of the molecule is Cc1ccc2c(C(=O)C3=NC(C(C)(C)C)CS3)c[nH]c2c1.O=C=O. The molecule has 0 saturated carbocycles. The Labute approximate surface area is 144 Å². The van der Waals surface area contributed by atoms with Gasteiger partial charge >= 0.3 is 6.15 Å². The van der Waals surface area contributed by atoms with Crippen molar-refractivity contribution in [2.24, 2.45) is 10.4 Å². The Hall–Kier alpha value is -2.17. The number of benzene rings is 1.